The van der Waals surface area contributed by atoms with E-state index >= 15 is 0 Å². The van der Waals surface area contributed by atoms with Gasteiger partial charge in [0.15, 0.2) is 0 Å². The molecule has 51 heavy (non-hydrogen) atoms. The molecule has 0 unspecified atom stereocenters. The topological polar surface area (TPSA) is 170 Å². The van der Waals surface area contributed by atoms with E-state index in [1.54, 1.807) is 64.8 Å². The smallest absolute Gasteiger partial charge is 0.320 e. The quantitative estimate of drug-likeness (QED) is 0.0312. The molecular weight excluding hydrogens is 769 g/mol. The standard InChI is InChI=1S/C35H62N2O8S6/c38-29(19-15-13-11-9-7-5-3-1-2-4-6-8-10-12-14-16-21-32(40)41)25-28(33(42)43)22-23-31(39)36-24-18-17-20-30(34(44)45)37-35-50-48-26-46-47-27-49-51-35/h28,30,35,37H,1-27H2,(H,36,39)(H,40,41)(H,42,43)(H,44,45)/t28-,30+/m1/s1. The van der Waals surface area contributed by atoms with Crippen molar-refractivity contribution < 1.29 is 39.3 Å². The minimum atomic E-state index is -1.04. The van der Waals surface area contributed by atoms with Crippen LogP contribution in [0.25, 0.3) is 0 Å². The summed E-state index contributed by atoms with van der Waals surface area (Å²) in [6.07, 6.45) is 20.8. The summed E-state index contributed by atoms with van der Waals surface area (Å²) in [5.74, 6) is -3.78. The fourth-order valence-corrected chi connectivity index (χ4v) is 16.1. The van der Waals surface area contributed by atoms with Crippen LogP contribution in [-0.4, -0.2) is 72.4 Å². The maximum absolute atomic E-state index is 12.5. The van der Waals surface area contributed by atoms with Crippen LogP contribution in [0.15, 0.2) is 0 Å². The van der Waals surface area contributed by atoms with Gasteiger partial charge in [-0.25, -0.2) is 0 Å². The largest absolute Gasteiger partial charge is 0.481 e. The van der Waals surface area contributed by atoms with Crippen LogP contribution < -0.4 is 10.6 Å². The van der Waals surface area contributed by atoms with Crippen LogP contribution >= 0.6 is 64.8 Å². The van der Waals surface area contributed by atoms with Crippen LogP contribution in [0.2, 0.25) is 0 Å². The van der Waals surface area contributed by atoms with E-state index in [2.05, 4.69) is 10.6 Å². The monoisotopic (exact) mass is 830 g/mol. The van der Waals surface area contributed by atoms with Gasteiger partial charge in [0.05, 0.1) is 16.1 Å². The van der Waals surface area contributed by atoms with Gasteiger partial charge in [0.25, 0.3) is 0 Å². The molecule has 0 saturated carbocycles. The average Bonchev–Trinajstić information content (AvgIpc) is 3.22. The third-order valence-electron chi connectivity index (χ3n) is 8.60. The Hall–Kier alpha value is -0.390. The van der Waals surface area contributed by atoms with Gasteiger partial charge in [0.1, 0.15) is 16.5 Å². The molecule has 0 aromatic heterocycles. The lowest BCUT2D eigenvalue weighted by molar-refractivity contribution is -0.144. The number of nitrogens with one attached hydrogen (secondary N) is 2. The van der Waals surface area contributed by atoms with E-state index in [0.717, 1.165) is 55.1 Å². The molecule has 1 aliphatic heterocycles. The Labute approximate surface area is 329 Å². The van der Waals surface area contributed by atoms with Crippen molar-refractivity contribution in [1.29, 1.82) is 0 Å². The summed E-state index contributed by atoms with van der Waals surface area (Å²) >= 11 is 0. The summed E-state index contributed by atoms with van der Waals surface area (Å²) in [6.45, 7) is 0.399. The summed E-state index contributed by atoms with van der Waals surface area (Å²) in [5, 5.41) is 35.9. The zero-order valence-electron chi connectivity index (χ0n) is 30.2. The first kappa shape index (κ1) is 48.6. The van der Waals surface area contributed by atoms with E-state index < -0.39 is 29.9 Å². The molecule has 2 atom stereocenters. The van der Waals surface area contributed by atoms with Crippen molar-refractivity contribution in [3.05, 3.63) is 0 Å². The van der Waals surface area contributed by atoms with E-state index in [-0.39, 0.29) is 35.7 Å². The molecule has 16 heteroatoms. The minimum absolute atomic E-state index is 0.0198. The number of Topliss-reactive ketones (excluding diaryl/α,β-unsaturated/α-hetero) is 1. The maximum atomic E-state index is 12.5. The Balaban J connectivity index is 2.04. The number of hydrogen-bond donors (Lipinski definition) is 5. The fourth-order valence-electron chi connectivity index (χ4n) is 5.66. The van der Waals surface area contributed by atoms with Crippen LogP contribution in [-0.2, 0) is 24.0 Å². The molecule has 0 spiro atoms. The van der Waals surface area contributed by atoms with Gasteiger partial charge in [-0.05, 0) is 38.5 Å². The first-order valence-electron chi connectivity index (χ1n) is 18.7. The Morgan fingerprint density at radius 3 is 1.51 bits per heavy atom. The number of amides is 1. The van der Waals surface area contributed by atoms with Crippen molar-refractivity contribution in [2.75, 3.05) is 16.7 Å². The van der Waals surface area contributed by atoms with Crippen LogP contribution in [0, 0.1) is 5.92 Å². The molecule has 1 heterocycles. The number of aliphatic carboxylic acids is 3. The van der Waals surface area contributed by atoms with Crippen LogP contribution in [0.3, 0.4) is 0 Å². The van der Waals surface area contributed by atoms with E-state index in [1.807, 2.05) is 0 Å². The number of hydrogen-bond acceptors (Lipinski definition) is 12. The zero-order chi connectivity index (χ0) is 37.4. The highest BCUT2D eigenvalue weighted by Gasteiger charge is 2.24. The molecule has 0 aromatic rings. The van der Waals surface area contributed by atoms with Gasteiger partial charge < -0.3 is 20.6 Å². The number of rotatable bonds is 33. The third-order valence-corrected chi connectivity index (χ3v) is 18.4. The van der Waals surface area contributed by atoms with Crippen molar-refractivity contribution in [3.63, 3.8) is 0 Å². The Kier molecular flexibility index (Phi) is 32.5. The normalized spacial score (nSPS) is 15.3. The molecule has 1 aliphatic rings. The Morgan fingerprint density at radius 2 is 1.04 bits per heavy atom. The van der Waals surface area contributed by atoms with Crippen LogP contribution in [0.4, 0.5) is 0 Å². The third kappa shape index (κ3) is 30.6. The number of ketones is 1. The SMILES string of the molecule is O=C(O)CCCCCCCCCCCCCCCCCCC(=O)C[C@@H](CCC(=O)NCCCC[C@H](NC1SSCSSCSS1)C(=O)O)C(=O)O. The molecule has 0 aliphatic carbocycles. The molecule has 10 nitrogen and oxygen atoms in total. The zero-order valence-corrected chi connectivity index (χ0v) is 35.1. The summed E-state index contributed by atoms with van der Waals surface area (Å²) in [4.78, 5) is 58.9. The maximum Gasteiger partial charge on any atom is 0.320 e. The van der Waals surface area contributed by atoms with Gasteiger partial charge in [-0.2, -0.15) is 0 Å². The van der Waals surface area contributed by atoms with Crippen LogP contribution in [0.1, 0.15) is 154 Å². The molecule has 0 radical (unpaired) electrons. The fraction of sp³-hybridized carbons (Fsp3) is 0.857. The minimum Gasteiger partial charge on any atom is -0.481 e. The number of unbranched alkanes of at least 4 members (excludes halogenated alkanes) is 16. The second kappa shape index (κ2) is 34.1. The van der Waals surface area contributed by atoms with E-state index in [4.69, 9.17) is 5.11 Å². The lowest BCUT2D eigenvalue weighted by atomic mass is 9.94. The Morgan fingerprint density at radius 1 is 0.549 bits per heavy atom. The lowest BCUT2D eigenvalue weighted by Gasteiger charge is -2.21. The molecule has 1 rings (SSSR count). The molecule has 1 fully saturated rings. The number of carboxylic acid groups (broad SMARTS) is 3. The molecule has 1 saturated heterocycles. The second-order valence-electron chi connectivity index (χ2n) is 13.0. The van der Waals surface area contributed by atoms with E-state index in [0.29, 0.717) is 38.6 Å². The predicted octanol–water partition coefficient (Wildman–Crippen LogP) is 10.2. The first-order valence-corrected chi connectivity index (χ1v) is 26.0. The van der Waals surface area contributed by atoms with Gasteiger partial charge in [0.2, 0.25) is 5.91 Å². The number of carbonyl (C=O) groups is 5. The molecule has 5 N–H and O–H groups in total. The second-order valence-corrected chi connectivity index (χ2v) is 21.4. The molecule has 296 valence electrons. The van der Waals surface area contributed by atoms with Crippen molar-refractivity contribution in [2.45, 2.75) is 165 Å². The summed E-state index contributed by atoms with van der Waals surface area (Å²) in [7, 11) is 10.4. The number of carbonyl (C=O) groups excluding carboxylic acids is 2. The van der Waals surface area contributed by atoms with E-state index in [1.165, 1.54) is 57.8 Å². The highest BCUT2D eigenvalue weighted by molar-refractivity contribution is 8.92. The first-order chi connectivity index (χ1) is 24.7. The summed E-state index contributed by atoms with van der Waals surface area (Å²) < 4.78 is -0.0198. The van der Waals surface area contributed by atoms with Gasteiger partial charge in [-0.15, -0.1) is 0 Å². The van der Waals surface area contributed by atoms with Gasteiger partial charge in [-0.1, -0.05) is 155 Å². The molecule has 1 amide bonds. The Bertz CT molecular complexity index is 957. The summed E-state index contributed by atoms with van der Waals surface area (Å²) in [6, 6.07) is -0.662. The molecule has 0 aromatic carbocycles. The average molecular weight is 831 g/mol. The predicted molar refractivity (Wildman–Crippen MR) is 221 cm³/mol. The van der Waals surface area contributed by atoms with Gasteiger partial charge in [-0.3, -0.25) is 29.3 Å². The lowest BCUT2D eigenvalue weighted by Crippen LogP contribution is -2.40. The van der Waals surface area contributed by atoms with Crippen molar-refractivity contribution in [3.8, 4) is 0 Å². The van der Waals surface area contributed by atoms with Crippen molar-refractivity contribution in [2.24, 2.45) is 5.92 Å². The van der Waals surface area contributed by atoms with E-state index in [9.17, 15) is 34.2 Å². The van der Waals surface area contributed by atoms with Crippen LogP contribution in [0.5, 0.6) is 0 Å². The van der Waals surface area contributed by atoms with Gasteiger partial charge >= 0.3 is 17.9 Å². The van der Waals surface area contributed by atoms with Crippen molar-refractivity contribution >= 4 is 94.4 Å². The highest BCUT2D eigenvalue weighted by Crippen LogP contribution is 2.46. The highest BCUT2D eigenvalue weighted by atomic mass is 33.2. The molecular formula is C35H62N2O8S6. The van der Waals surface area contributed by atoms with Crippen molar-refractivity contribution in [1.82, 2.24) is 10.6 Å². The summed E-state index contributed by atoms with van der Waals surface area (Å²) in [5.41, 5.74) is 0. The van der Waals surface area contributed by atoms with Gasteiger partial charge in [0, 0.05) is 32.2 Å². The number of carboxylic acids is 3. The molecule has 0 bridgehead atoms.